The molecule has 3 aromatic heterocycles. The molecule has 1 N–H and O–H groups in total. The minimum atomic E-state index is -0.298. The molecule has 0 atom stereocenters. The number of rotatable bonds is 6. The van der Waals surface area contributed by atoms with Crippen LogP contribution in [0.15, 0.2) is 48.2 Å². The number of hydrogen-bond acceptors (Lipinski definition) is 4. The van der Waals surface area contributed by atoms with Crippen LogP contribution in [0.3, 0.4) is 0 Å². The Kier molecular flexibility index (Phi) is 6.36. The Morgan fingerprint density at radius 1 is 1.03 bits per heavy atom. The van der Waals surface area contributed by atoms with E-state index in [0.717, 1.165) is 11.1 Å². The van der Waals surface area contributed by atoms with E-state index in [9.17, 15) is 4.79 Å². The SMILES string of the molecule is O=C(Nc1nn(Cc2c(Cl)cccc2Cl)cc1Cl)c1cc(Cn2cc(Cl)cn2)cs1. The molecule has 6 nitrogen and oxygen atoms in total. The fourth-order valence-corrected chi connectivity index (χ4v) is 4.44. The van der Waals surface area contributed by atoms with E-state index >= 15 is 0 Å². The Hall–Kier alpha value is -2.03. The number of aromatic nitrogens is 4. The number of anilines is 1. The summed E-state index contributed by atoms with van der Waals surface area (Å²) in [5.41, 5.74) is 1.66. The molecule has 0 radical (unpaired) electrons. The Morgan fingerprint density at radius 3 is 2.50 bits per heavy atom. The first kappa shape index (κ1) is 21.2. The van der Waals surface area contributed by atoms with Crippen LogP contribution in [-0.2, 0) is 13.1 Å². The summed E-state index contributed by atoms with van der Waals surface area (Å²) in [5.74, 6) is -0.0358. The van der Waals surface area contributed by atoms with Crippen molar-refractivity contribution in [3.05, 3.63) is 84.3 Å². The van der Waals surface area contributed by atoms with Crippen molar-refractivity contribution in [1.29, 1.82) is 0 Å². The molecular weight excluding hydrogens is 488 g/mol. The molecule has 0 aliphatic heterocycles. The van der Waals surface area contributed by atoms with Crippen LogP contribution in [0.1, 0.15) is 20.8 Å². The van der Waals surface area contributed by atoms with Gasteiger partial charge in [-0.15, -0.1) is 11.3 Å². The molecule has 0 fully saturated rings. The van der Waals surface area contributed by atoms with E-state index in [4.69, 9.17) is 46.4 Å². The van der Waals surface area contributed by atoms with Crippen LogP contribution >= 0.6 is 57.7 Å². The molecule has 0 saturated heterocycles. The molecule has 154 valence electrons. The topological polar surface area (TPSA) is 64.7 Å². The van der Waals surface area contributed by atoms with Crippen LogP contribution in [-0.4, -0.2) is 25.5 Å². The molecule has 4 rings (SSSR count). The molecule has 1 amide bonds. The number of halogens is 4. The van der Waals surface area contributed by atoms with E-state index in [1.807, 2.05) is 5.38 Å². The maximum absolute atomic E-state index is 12.6. The lowest BCUT2D eigenvalue weighted by atomic mass is 10.2. The van der Waals surface area contributed by atoms with E-state index in [1.165, 1.54) is 11.3 Å². The van der Waals surface area contributed by atoms with E-state index in [0.29, 0.717) is 38.1 Å². The van der Waals surface area contributed by atoms with Crippen molar-refractivity contribution < 1.29 is 4.79 Å². The highest BCUT2D eigenvalue weighted by atomic mass is 35.5. The summed E-state index contributed by atoms with van der Waals surface area (Å²) < 4.78 is 3.27. The maximum atomic E-state index is 12.6. The minimum Gasteiger partial charge on any atom is -0.303 e. The number of nitrogens with zero attached hydrogens (tertiary/aromatic N) is 4. The van der Waals surface area contributed by atoms with Gasteiger partial charge < -0.3 is 5.32 Å². The molecule has 0 spiro atoms. The van der Waals surface area contributed by atoms with E-state index < -0.39 is 0 Å². The van der Waals surface area contributed by atoms with Gasteiger partial charge in [-0.05, 0) is 29.1 Å². The second kappa shape index (κ2) is 8.99. The van der Waals surface area contributed by atoms with Gasteiger partial charge in [-0.3, -0.25) is 14.2 Å². The van der Waals surface area contributed by atoms with Crippen molar-refractivity contribution in [1.82, 2.24) is 19.6 Å². The summed E-state index contributed by atoms with van der Waals surface area (Å²) in [7, 11) is 0. The Bertz CT molecular complexity index is 1200. The van der Waals surface area contributed by atoms with Crippen molar-refractivity contribution in [3.8, 4) is 0 Å². The number of thiophene rings is 1. The Morgan fingerprint density at radius 2 is 1.80 bits per heavy atom. The van der Waals surface area contributed by atoms with Crippen LogP contribution in [0.25, 0.3) is 0 Å². The summed E-state index contributed by atoms with van der Waals surface area (Å²) in [5, 5.41) is 15.0. The van der Waals surface area contributed by atoms with Gasteiger partial charge in [0.1, 0.15) is 5.02 Å². The van der Waals surface area contributed by atoms with Crippen molar-refractivity contribution in [2.45, 2.75) is 13.1 Å². The van der Waals surface area contributed by atoms with Crippen molar-refractivity contribution >= 4 is 69.5 Å². The lowest BCUT2D eigenvalue weighted by Gasteiger charge is -2.06. The average Bonchev–Trinajstić information content (AvgIpc) is 3.40. The zero-order chi connectivity index (χ0) is 21.3. The fourth-order valence-electron chi connectivity index (χ4n) is 2.77. The van der Waals surface area contributed by atoms with Gasteiger partial charge in [0.25, 0.3) is 5.91 Å². The third-order valence-corrected chi connectivity index (χ3v) is 6.31. The highest BCUT2D eigenvalue weighted by Crippen LogP contribution is 2.27. The number of nitrogens with one attached hydrogen (secondary N) is 1. The monoisotopic (exact) mass is 499 g/mol. The van der Waals surface area contributed by atoms with Gasteiger partial charge in [-0.25, -0.2) is 0 Å². The highest BCUT2D eigenvalue weighted by Gasteiger charge is 2.16. The number of benzene rings is 1. The van der Waals surface area contributed by atoms with Gasteiger partial charge in [0.2, 0.25) is 0 Å². The summed E-state index contributed by atoms with van der Waals surface area (Å²) in [6.07, 6.45) is 4.89. The smallest absolute Gasteiger partial charge is 0.266 e. The highest BCUT2D eigenvalue weighted by molar-refractivity contribution is 7.12. The summed E-state index contributed by atoms with van der Waals surface area (Å²) in [6, 6.07) is 7.07. The molecule has 3 heterocycles. The maximum Gasteiger partial charge on any atom is 0.266 e. The summed E-state index contributed by atoms with van der Waals surface area (Å²) in [4.78, 5) is 13.1. The van der Waals surface area contributed by atoms with Crippen LogP contribution in [0.4, 0.5) is 5.82 Å². The molecule has 0 aliphatic carbocycles. The molecule has 30 heavy (non-hydrogen) atoms. The second-order valence-electron chi connectivity index (χ2n) is 6.35. The Labute approximate surface area is 195 Å². The molecule has 4 aromatic rings. The van der Waals surface area contributed by atoms with E-state index in [2.05, 4.69) is 15.5 Å². The molecule has 0 bridgehead atoms. The predicted molar refractivity (Wildman–Crippen MR) is 121 cm³/mol. The van der Waals surface area contributed by atoms with Crippen molar-refractivity contribution in [2.24, 2.45) is 0 Å². The van der Waals surface area contributed by atoms with Crippen LogP contribution < -0.4 is 5.32 Å². The first-order valence-electron chi connectivity index (χ1n) is 8.61. The van der Waals surface area contributed by atoms with Crippen molar-refractivity contribution in [3.63, 3.8) is 0 Å². The molecule has 0 saturated carbocycles. The Balaban J connectivity index is 1.45. The van der Waals surface area contributed by atoms with E-state index in [1.54, 1.807) is 52.2 Å². The fraction of sp³-hybridized carbons (Fsp3) is 0.105. The quantitative estimate of drug-likeness (QED) is 0.347. The molecule has 11 heteroatoms. The van der Waals surface area contributed by atoms with Gasteiger partial charge in [-0.1, -0.05) is 52.5 Å². The lowest BCUT2D eigenvalue weighted by Crippen LogP contribution is -2.12. The van der Waals surface area contributed by atoms with Gasteiger partial charge in [0.05, 0.1) is 29.2 Å². The van der Waals surface area contributed by atoms with Gasteiger partial charge in [0.15, 0.2) is 5.82 Å². The number of hydrogen-bond donors (Lipinski definition) is 1. The van der Waals surface area contributed by atoms with Crippen LogP contribution in [0.2, 0.25) is 20.1 Å². The van der Waals surface area contributed by atoms with Gasteiger partial charge in [-0.2, -0.15) is 10.2 Å². The van der Waals surface area contributed by atoms with Crippen LogP contribution in [0, 0.1) is 0 Å². The normalized spacial score (nSPS) is 11.1. The van der Waals surface area contributed by atoms with E-state index in [-0.39, 0.29) is 11.7 Å². The summed E-state index contributed by atoms with van der Waals surface area (Å²) in [6.45, 7) is 0.841. The first-order valence-corrected chi connectivity index (χ1v) is 11.0. The number of carbonyl (C=O) groups excluding carboxylic acids is 1. The molecule has 1 aromatic carbocycles. The molecule has 0 unspecified atom stereocenters. The molecule has 0 aliphatic rings. The standard InChI is InChI=1S/C19H13Cl4N5OS/c20-12-5-24-27(7-12)6-11-4-17(30-10-11)19(29)25-18-16(23)9-28(26-18)8-13-14(21)2-1-3-15(13)22/h1-5,7,9-10H,6,8H2,(H,25,26,29). The second-order valence-corrected chi connectivity index (χ2v) is 8.92. The van der Waals surface area contributed by atoms with Gasteiger partial charge >= 0.3 is 0 Å². The van der Waals surface area contributed by atoms with Gasteiger partial charge in [0, 0.05) is 28.0 Å². The molecular formula is C19H13Cl4N5OS. The van der Waals surface area contributed by atoms with Crippen LogP contribution in [0.5, 0.6) is 0 Å². The zero-order valence-electron chi connectivity index (χ0n) is 15.2. The first-order chi connectivity index (χ1) is 14.4. The van der Waals surface area contributed by atoms with Crippen molar-refractivity contribution in [2.75, 3.05) is 5.32 Å². The predicted octanol–water partition coefficient (Wildman–Crippen LogP) is 6.10. The third-order valence-electron chi connectivity index (χ3n) is 4.15. The lowest BCUT2D eigenvalue weighted by molar-refractivity contribution is 0.103. The summed E-state index contributed by atoms with van der Waals surface area (Å²) >= 11 is 25.9. The average molecular weight is 501 g/mol. The minimum absolute atomic E-state index is 0.263. The largest absolute Gasteiger partial charge is 0.303 e. The number of carbonyl (C=O) groups is 1. The number of amides is 1. The zero-order valence-corrected chi connectivity index (χ0v) is 19.0. The third kappa shape index (κ3) is 4.82.